The first-order chi connectivity index (χ1) is 9.16. The number of nitrogens with zero attached hydrogens (tertiary/aromatic N) is 2. The van der Waals surface area contributed by atoms with Crippen LogP contribution in [0.4, 0.5) is 0 Å². The van der Waals surface area contributed by atoms with Gasteiger partial charge < -0.3 is 10.2 Å². The first-order valence-electron chi connectivity index (χ1n) is 6.77. The number of rotatable bonds is 5. The summed E-state index contributed by atoms with van der Waals surface area (Å²) in [5.74, 6) is -0.0935. The van der Waals surface area contributed by atoms with Crippen molar-refractivity contribution in [1.29, 1.82) is 0 Å². The number of hydrogen-bond acceptors (Lipinski definition) is 3. The van der Waals surface area contributed by atoms with Crippen LogP contribution < -0.4 is 5.32 Å². The fraction of sp³-hybridized carbons (Fsp3) is 0.571. The van der Waals surface area contributed by atoms with Gasteiger partial charge in [0, 0.05) is 25.3 Å². The molecule has 1 aliphatic rings. The Bertz CT molecular complexity index is 415. The Morgan fingerprint density at radius 2 is 2.21 bits per heavy atom. The zero-order valence-corrected chi connectivity index (χ0v) is 12.0. The van der Waals surface area contributed by atoms with Gasteiger partial charge in [-0.25, -0.2) is 4.98 Å². The Labute approximate surface area is 119 Å². The largest absolute Gasteiger partial charge is 0.351 e. The maximum atomic E-state index is 11.8. The standard InChI is InChI=1S/C14H20ClN3O/c1-18(12-4-2-3-5-12)9-8-16-14(19)11-6-7-13(15)17-10-11/h6-7,10,12H,2-5,8-9H2,1H3,(H,16,19). The van der Waals surface area contributed by atoms with E-state index in [9.17, 15) is 4.79 Å². The van der Waals surface area contributed by atoms with Crippen molar-refractivity contribution in [2.75, 3.05) is 20.1 Å². The number of likely N-dealkylation sites (N-methyl/N-ethyl adjacent to an activating group) is 1. The first kappa shape index (κ1) is 14.3. The molecule has 0 unspecified atom stereocenters. The Morgan fingerprint density at radius 1 is 1.47 bits per heavy atom. The monoisotopic (exact) mass is 281 g/mol. The number of halogens is 1. The van der Waals surface area contributed by atoms with Gasteiger partial charge in [-0.15, -0.1) is 0 Å². The molecule has 1 aromatic heterocycles. The number of pyridine rings is 1. The van der Waals surface area contributed by atoms with E-state index in [-0.39, 0.29) is 5.91 Å². The predicted molar refractivity (Wildman–Crippen MR) is 76.5 cm³/mol. The third-order valence-corrected chi connectivity index (χ3v) is 3.91. The van der Waals surface area contributed by atoms with Gasteiger partial charge in [-0.1, -0.05) is 24.4 Å². The second-order valence-corrected chi connectivity index (χ2v) is 5.43. The highest BCUT2D eigenvalue weighted by atomic mass is 35.5. The zero-order valence-electron chi connectivity index (χ0n) is 11.2. The molecule has 1 fully saturated rings. The lowest BCUT2D eigenvalue weighted by Crippen LogP contribution is -2.37. The summed E-state index contributed by atoms with van der Waals surface area (Å²) in [5.41, 5.74) is 0.549. The summed E-state index contributed by atoms with van der Waals surface area (Å²) in [7, 11) is 2.13. The van der Waals surface area contributed by atoms with Crippen LogP contribution in [-0.4, -0.2) is 42.0 Å². The van der Waals surface area contributed by atoms with E-state index in [1.165, 1.54) is 31.9 Å². The van der Waals surface area contributed by atoms with Crippen LogP contribution in [0.3, 0.4) is 0 Å². The Kier molecular flexibility index (Phi) is 5.16. The fourth-order valence-electron chi connectivity index (χ4n) is 2.49. The first-order valence-corrected chi connectivity index (χ1v) is 7.14. The topological polar surface area (TPSA) is 45.2 Å². The van der Waals surface area contributed by atoms with Crippen LogP contribution in [-0.2, 0) is 0 Å². The molecule has 0 saturated heterocycles. The second kappa shape index (κ2) is 6.87. The molecular formula is C14H20ClN3O. The summed E-state index contributed by atoms with van der Waals surface area (Å²) in [6.45, 7) is 1.55. The summed E-state index contributed by atoms with van der Waals surface area (Å²) >= 11 is 5.69. The Hall–Kier alpha value is -1.13. The molecule has 104 valence electrons. The number of carbonyl (C=O) groups is 1. The Balaban J connectivity index is 1.73. The van der Waals surface area contributed by atoms with E-state index < -0.39 is 0 Å². The number of carbonyl (C=O) groups excluding carboxylic acids is 1. The highest BCUT2D eigenvalue weighted by Crippen LogP contribution is 2.21. The molecular weight excluding hydrogens is 262 g/mol. The molecule has 0 spiro atoms. The minimum Gasteiger partial charge on any atom is -0.351 e. The van der Waals surface area contributed by atoms with Gasteiger partial charge in [0.2, 0.25) is 0 Å². The molecule has 1 N–H and O–H groups in total. The van der Waals surface area contributed by atoms with Gasteiger partial charge in [-0.2, -0.15) is 0 Å². The van der Waals surface area contributed by atoms with Crippen molar-refractivity contribution >= 4 is 17.5 Å². The van der Waals surface area contributed by atoms with Gasteiger partial charge in [-0.3, -0.25) is 4.79 Å². The van der Waals surface area contributed by atoms with E-state index in [2.05, 4.69) is 22.2 Å². The van der Waals surface area contributed by atoms with E-state index >= 15 is 0 Å². The molecule has 1 aliphatic carbocycles. The second-order valence-electron chi connectivity index (χ2n) is 5.04. The highest BCUT2D eigenvalue weighted by molar-refractivity contribution is 6.29. The van der Waals surface area contributed by atoms with Gasteiger partial charge in [0.1, 0.15) is 5.15 Å². The van der Waals surface area contributed by atoms with Gasteiger partial charge in [0.25, 0.3) is 5.91 Å². The molecule has 4 nitrogen and oxygen atoms in total. The molecule has 0 radical (unpaired) electrons. The molecule has 0 aromatic carbocycles. The maximum Gasteiger partial charge on any atom is 0.252 e. The number of nitrogens with one attached hydrogen (secondary N) is 1. The van der Waals surface area contributed by atoms with Crippen LogP contribution in [0.2, 0.25) is 5.15 Å². The lowest BCUT2D eigenvalue weighted by molar-refractivity contribution is 0.0947. The summed E-state index contributed by atoms with van der Waals surface area (Å²) in [6, 6.07) is 4.00. The predicted octanol–water partition coefficient (Wildman–Crippen LogP) is 2.34. The van der Waals surface area contributed by atoms with E-state index in [1.54, 1.807) is 12.1 Å². The minimum absolute atomic E-state index is 0.0935. The summed E-state index contributed by atoms with van der Waals surface area (Å²) < 4.78 is 0. The normalized spacial score (nSPS) is 15.9. The van der Waals surface area contributed by atoms with E-state index in [1.807, 2.05) is 0 Å². The van der Waals surface area contributed by atoms with E-state index in [4.69, 9.17) is 11.6 Å². The van der Waals surface area contributed by atoms with Crippen LogP contribution in [0.5, 0.6) is 0 Å². The third kappa shape index (κ3) is 4.18. The Morgan fingerprint density at radius 3 is 2.84 bits per heavy atom. The van der Waals surface area contributed by atoms with Crippen molar-refractivity contribution in [1.82, 2.24) is 15.2 Å². The summed E-state index contributed by atoms with van der Waals surface area (Å²) in [6.07, 6.45) is 6.73. The molecule has 0 aliphatic heterocycles. The average Bonchev–Trinajstić information content (AvgIpc) is 2.93. The maximum absolute atomic E-state index is 11.8. The van der Waals surface area contributed by atoms with Gasteiger partial charge >= 0.3 is 0 Å². The SMILES string of the molecule is CN(CCNC(=O)c1ccc(Cl)nc1)C1CCCC1. The average molecular weight is 282 g/mol. The number of hydrogen-bond donors (Lipinski definition) is 1. The van der Waals surface area contributed by atoms with Crippen LogP contribution in [0, 0.1) is 0 Å². The number of amides is 1. The molecule has 19 heavy (non-hydrogen) atoms. The molecule has 0 bridgehead atoms. The van der Waals surface area contributed by atoms with Crippen LogP contribution in [0.1, 0.15) is 36.0 Å². The van der Waals surface area contributed by atoms with Crippen LogP contribution >= 0.6 is 11.6 Å². The van der Waals surface area contributed by atoms with Gasteiger partial charge in [0.05, 0.1) is 5.56 Å². The van der Waals surface area contributed by atoms with Gasteiger partial charge in [-0.05, 0) is 32.0 Å². The lowest BCUT2D eigenvalue weighted by atomic mass is 10.2. The quantitative estimate of drug-likeness (QED) is 0.843. The molecule has 1 aromatic rings. The van der Waals surface area contributed by atoms with Crippen LogP contribution in [0.15, 0.2) is 18.3 Å². The van der Waals surface area contributed by atoms with Crippen molar-refractivity contribution in [3.63, 3.8) is 0 Å². The van der Waals surface area contributed by atoms with Crippen molar-refractivity contribution in [2.24, 2.45) is 0 Å². The molecule has 1 amide bonds. The van der Waals surface area contributed by atoms with Crippen molar-refractivity contribution in [3.8, 4) is 0 Å². The van der Waals surface area contributed by atoms with Crippen molar-refractivity contribution < 1.29 is 4.79 Å². The minimum atomic E-state index is -0.0935. The molecule has 1 saturated carbocycles. The third-order valence-electron chi connectivity index (χ3n) is 3.69. The highest BCUT2D eigenvalue weighted by Gasteiger charge is 2.19. The van der Waals surface area contributed by atoms with Crippen LogP contribution in [0.25, 0.3) is 0 Å². The van der Waals surface area contributed by atoms with E-state index in [0.717, 1.165) is 6.54 Å². The van der Waals surface area contributed by atoms with Gasteiger partial charge in [0.15, 0.2) is 0 Å². The zero-order chi connectivity index (χ0) is 13.7. The fourth-order valence-corrected chi connectivity index (χ4v) is 2.60. The lowest BCUT2D eigenvalue weighted by Gasteiger charge is -2.23. The summed E-state index contributed by atoms with van der Waals surface area (Å²) in [5, 5.41) is 3.31. The smallest absolute Gasteiger partial charge is 0.252 e. The van der Waals surface area contributed by atoms with E-state index in [0.29, 0.717) is 23.3 Å². The summed E-state index contributed by atoms with van der Waals surface area (Å²) in [4.78, 5) is 18.1. The van der Waals surface area contributed by atoms with Crippen molar-refractivity contribution in [3.05, 3.63) is 29.0 Å². The molecule has 1 heterocycles. The molecule has 2 rings (SSSR count). The van der Waals surface area contributed by atoms with Crippen molar-refractivity contribution in [2.45, 2.75) is 31.7 Å². The molecule has 0 atom stereocenters. The number of aromatic nitrogens is 1. The molecule has 5 heteroatoms.